The lowest BCUT2D eigenvalue weighted by molar-refractivity contribution is -0.150. The van der Waals surface area contributed by atoms with Gasteiger partial charge in [0.05, 0.1) is 18.6 Å². The number of hydrogen-bond donors (Lipinski definition) is 1. The Morgan fingerprint density at radius 3 is 2.52 bits per heavy atom. The van der Waals surface area contributed by atoms with Crippen molar-refractivity contribution >= 4 is 12.1 Å². The summed E-state index contributed by atoms with van der Waals surface area (Å²) in [4.78, 5) is 24.2. The molecule has 0 saturated heterocycles. The van der Waals surface area contributed by atoms with E-state index in [0.29, 0.717) is 6.61 Å². The molecule has 1 amide bonds. The van der Waals surface area contributed by atoms with Crippen LogP contribution in [0.1, 0.15) is 63.5 Å². The van der Waals surface area contributed by atoms with Crippen LogP contribution in [-0.4, -0.2) is 25.3 Å². The summed E-state index contributed by atoms with van der Waals surface area (Å²) in [5, 5.41) is 2.81. The Labute approximate surface area is 150 Å². The largest absolute Gasteiger partial charge is 0.463 e. The third kappa shape index (κ3) is 6.77. The van der Waals surface area contributed by atoms with Crippen molar-refractivity contribution in [2.24, 2.45) is 5.92 Å². The standard InChI is InChI=1S/C20H29NO4/c1-2-3-14-24-20(23)21-18(16-10-6-4-7-11-16)15-25-19(22)17-12-8-5-9-13-17/h4,6-7,10-11,17-18H,2-3,5,8-9,12-15H2,1H3,(H,21,23)/t18-/m1/s1. The van der Waals surface area contributed by atoms with Crippen molar-refractivity contribution < 1.29 is 19.1 Å². The summed E-state index contributed by atoms with van der Waals surface area (Å²) in [5.74, 6) is -0.150. The minimum Gasteiger partial charge on any atom is -0.463 e. The van der Waals surface area contributed by atoms with E-state index in [1.54, 1.807) is 0 Å². The third-order valence-corrected chi connectivity index (χ3v) is 4.56. The average Bonchev–Trinajstić information content (AvgIpc) is 2.66. The molecule has 0 aromatic heterocycles. The van der Waals surface area contributed by atoms with Gasteiger partial charge in [-0.3, -0.25) is 4.79 Å². The van der Waals surface area contributed by atoms with Crippen molar-refractivity contribution in [1.82, 2.24) is 5.32 Å². The summed E-state index contributed by atoms with van der Waals surface area (Å²) in [6.45, 7) is 2.56. The van der Waals surface area contributed by atoms with Gasteiger partial charge in [-0.2, -0.15) is 0 Å². The number of amides is 1. The summed E-state index contributed by atoms with van der Waals surface area (Å²) >= 11 is 0. The maximum Gasteiger partial charge on any atom is 0.407 e. The van der Waals surface area contributed by atoms with Gasteiger partial charge in [-0.25, -0.2) is 4.79 Å². The van der Waals surface area contributed by atoms with E-state index in [-0.39, 0.29) is 18.5 Å². The number of unbranched alkanes of at least 4 members (excludes halogenated alkanes) is 1. The molecule has 0 spiro atoms. The van der Waals surface area contributed by atoms with E-state index >= 15 is 0 Å². The fourth-order valence-electron chi connectivity index (χ4n) is 3.02. The Morgan fingerprint density at radius 2 is 1.84 bits per heavy atom. The van der Waals surface area contributed by atoms with Crippen LogP contribution in [0, 0.1) is 5.92 Å². The smallest absolute Gasteiger partial charge is 0.407 e. The number of hydrogen-bond acceptors (Lipinski definition) is 4. The Kier molecular flexibility index (Phi) is 8.29. The third-order valence-electron chi connectivity index (χ3n) is 4.56. The number of esters is 1. The monoisotopic (exact) mass is 347 g/mol. The van der Waals surface area contributed by atoms with Gasteiger partial charge in [-0.15, -0.1) is 0 Å². The number of rotatable bonds is 8. The first-order chi connectivity index (χ1) is 12.2. The summed E-state index contributed by atoms with van der Waals surface area (Å²) in [6, 6.07) is 9.12. The molecule has 5 heteroatoms. The molecule has 0 aliphatic heterocycles. The van der Waals surface area contributed by atoms with E-state index < -0.39 is 12.1 Å². The van der Waals surface area contributed by atoms with E-state index in [2.05, 4.69) is 5.32 Å². The maximum absolute atomic E-state index is 12.3. The first kappa shape index (κ1) is 19.3. The number of benzene rings is 1. The SMILES string of the molecule is CCCCOC(=O)N[C@H](COC(=O)C1CCCCC1)c1ccccc1. The van der Waals surface area contributed by atoms with Gasteiger partial charge < -0.3 is 14.8 Å². The lowest BCUT2D eigenvalue weighted by Gasteiger charge is -2.23. The molecule has 1 aromatic carbocycles. The Balaban J connectivity index is 1.90. The molecule has 1 saturated carbocycles. The highest BCUT2D eigenvalue weighted by Crippen LogP contribution is 2.25. The topological polar surface area (TPSA) is 64.6 Å². The van der Waals surface area contributed by atoms with Crippen LogP contribution in [0.5, 0.6) is 0 Å². The van der Waals surface area contributed by atoms with Gasteiger partial charge in [0.1, 0.15) is 6.61 Å². The van der Waals surface area contributed by atoms with Crippen molar-refractivity contribution in [2.45, 2.75) is 57.9 Å². The van der Waals surface area contributed by atoms with Crippen LogP contribution >= 0.6 is 0 Å². The van der Waals surface area contributed by atoms with E-state index in [1.807, 2.05) is 37.3 Å². The molecule has 1 aromatic rings. The molecule has 1 aliphatic rings. The van der Waals surface area contributed by atoms with Crippen LogP contribution in [0.2, 0.25) is 0 Å². The van der Waals surface area contributed by atoms with Gasteiger partial charge in [0, 0.05) is 0 Å². The first-order valence-electron chi connectivity index (χ1n) is 9.35. The number of alkyl carbamates (subject to hydrolysis) is 1. The van der Waals surface area contributed by atoms with Crippen LogP contribution in [0.25, 0.3) is 0 Å². The molecule has 2 rings (SSSR count). The molecule has 25 heavy (non-hydrogen) atoms. The van der Waals surface area contributed by atoms with E-state index in [4.69, 9.17) is 9.47 Å². The minimum absolute atomic E-state index is 0.00155. The Hall–Kier alpha value is -2.04. The van der Waals surface area contributed by atoms with Crippen molar-refractivity contribution in [3.63, 3.8) is 0 Å². The fraction of sp³-hybridized carbons (Fsp3) is 0.600. The molecule has 1 atom stereocenters. The van der Waals surface area contributed by atoms with Crippen LogP contribution < -0.4 is 5.32 Å². The van der Waals surface area contributed by atoms with Crippen molar-refractivity contribution in [1.29, 1.82) is 0 Å². The second-order valence-corrected chi connectivity index (χ2v) is 6.56. The predicted octanol–water partition coefficient (Wildman–Crippen LogP) is 4.38. The Bertz CT molecular complexity index is 526. The van der Waals surface area contributed by atoms with Gasteiger partial charge >= 0.3 is 12.1 Å². The Morgan fingerprint density at radius 1 is 1.12 bits per heavy atom. The molecule has 0 unspecified atom stereocenters. The van der Waals surface area contributed by atoms with Crippen LogP contribution in [0.15, 0.2) is 30.3 Å². The van der Waals surface area contributed by atoms with Gasteiger partial charge in [0.2, 0.25) is 0 Å². The van der Waals surface area contributed by atoms with Crippen LogP contribution in [-0.2, 0) is 14.3 Å². The molecule has 1 N–H and O–H groups in total. The summed E-state index contributed by atoms with van der Waals surface area (Å²) in [5.41, 5.74) is 0.895. The zero-order valence-electron chi connectivity index (χ0n) is 15.0. The molecule has 0 radical (unpaired) electrons. The van der Waals surface area contributed by atoms with Crippen LogP contribution in [0.3, 0.4) is 0 Å². The van der Waals surface area contributed by atoms with Gasteiger partial charge in [-0.1, -0.05) is 62.9 Å². The summed E-state index contributed by atoms with van der Waals surface area (Å²) in [7, 11) is 0. The van der Waals surface area contributed by atoms with Gasteiger partial charge in [0.25, 0.3) is 0 Å². The summed E-state index contributed by atoms with van der Waals surface area (Å²) < 4.78 is 10.7. The van der Waals surface area contributed by atoms with E-state index in [1.165, 1.54) is 6.42 Å². The number of ether oxygens (including phenoxy) is 2. The lowest BCUT2D eigenvalue weighted by Crippen LogP contribution is -2.34. The predicted molar refractivity (Wildman–Crippen MR) is 96.1 cm³/mol. The highest BCUT2D eigenvalue weighted by Gasteiger charge is 2.24. The maximum atomic E-state index is 12.3. The highest BCUT2D eigenvalue weighted by molar-refractivity contribution is 5.72. The van der Waals surface area contributed by atoms with Gasteiger partial charge in [0.15, 0.2) is 0 Å². The molecule has 0 bridgehead atoms. The van der Waals surface area contributed by atoms with E-state index in [9.17, 15) is 9.59 Å². The second-order valence-electron chi connectivity index (χ2n) is 6.56. The zero-order chi connectivity index (χ0) is 17.9. The molecule has 0 heterocycles. The average molecular weight is 347 g/mol. The lowest BCUT2D eigenvalue weighted by atomic mass is 9.89. The fourth-order valence-corrected chi connectivity index (χ4v) is 3.02. The van der Waals surface area contributed by atoms with Crippen molar-refractivity contribution in [3.05, 3.63) is 35.9 Å². The van der Waals surface area contributed by atoms with Crippen molar-refractivity contribution in [3.8, 4) is 0 Å². The van der Waals surface area contributed by atoms with Gasteiger partial charge in [-0.05, 0) is 24.8 Å². The second kappa shape index (κ2) is 10.7. The highest BCUT2D eigenvalue weighted by atomic mass is 16.6. The normalized spacial score (nSPS) is 16.0. The number of carbonyl (C=O) groups excluding carboxylic acids is 2. The van der Waals surface area contributed by atoms with Crippen molar-refractivity contribution in [2.75, 3.05) is 13.2 Å². The molecule has 5 nitrogen and oxygen atoms in total. The molecular formula is C20H29NO4. The zero-order valence-corrected chi connectivity index (χ0v) is 15.0. The summed E-state index contributed by atoms with van der Waals surface area (Å²) in [6.07, 6.45) is 6.50. The number of nitrogens with one attached hydrogen (secondary N) is 1. The molecule has 138 valence electrons. The van der Waals surface area contributed by atoms with Crippen LogP contribution in [0.4, 0.5) is 4.79 Å². The number of carbonyl (C=O) groups is 2. The first-order valence-corrected chi connectivity index (χ1v) is 9.35. The van der Waals surface area contributed by atoms with E-state index in [0.717, 1.165) is 44.1 Å². The molecular weight excluding hydrogens is 318 g/mol. The molecule has 1 fully saturated rings. The molecule has 1 aliphatic carbocycles. The minimum atomic E-state index is -0.476. The quantitative estimate of drug-likeness (QED) is 0.560.